The summed E-state index contributed by atoms with van der Waals surface area (Å²) < 4.78 is 10.7. The number of carbonyl (C=O) groups excluding carboxylic acids is 1. The highest BCUT2D eigenvalue weighted by atomic mass is 16.6. The molecule has 4 rings (SSSR count). The summed E-state index contributed by atoms with van der Waals surface area (Å²) in [6.07, 6.45) is 1.45. The minimum Gasteiger partial charge on any atom is -0.491 e. The monoisotopic (exact) mass is 323 g/mol. The highest BCUT2D eigenvalue weighted by Gasteiger charge is 2.27. The Hall–Kier alpha value is -2.89. The Morgan fingerprint density at radius 3 is 2.88 bits per heavy atom. The molecule has 0 unspecified atom stereocenters. The molecule has 0 atom stereocenters. The number of ether oxygens (including phenoxy) is 2. The maximum Gasteiger partial charge on any atom is 0.415 e. The van der Waals surface area contributed by atoms with Gasteiger partial charge in [0.25, 0.3) is 0 Å². The van der Waals surface area contributed by atoms with Crippen molar-refractivity contribution in [3.05, 3.63) is 47.7 Å². The minimum atomic E-state index is -0.358. The summed E-state index contributed by atoms with van der Waals surface area (Å²) in [6, 6.07) is 9.64. The second-order valence-electron chi connectivity index (χ2n) is 5.97. The summed E-state index contributed by atoms with van der Waals surface area (Å²) in [5, 5.41) is 0. The SMILES string of the molecule is CC(C)Oc1ccc2c(c1)C(c1ccnc(N3CCOC3=O)c1)=N2. The number of anilines is 1. The maximum absolute atomic E-state index is 11.7. The number of amides is 1. The molecule has 3 heterocycles. The molecule has 0 saturated carbocycles. The lowest BCUT2D eigenvalue weighted by molar-refractivity contribution is 0.181. The second-order valence-corrected chi connectivity index (χ2v) is 5.97. The van der Waals surface area contributed by atoms with Gasteiger partial charge in [-0.25, -0.2) is 14.8 Å². The lowest BCUT2D eigenvalue weighted by Gasteiger charge is -2.21. The molecule has 0 aliphatic carbocycles. The minimum absolute atomic E-state index is 0.122. The van der Waals surface area contributed by atoms with Crippen molar-refractivity contribution >= 4 is 23.3 Å². The van der Waals surface area contributed by atoms with Gasteiger partial charge in [-0.3, -0.25) is 4.90 Å². The van der Waals surface area contributed by atoms with Crippen molar-refractivity contribution < 1.29 is 14.3 Å². The molecule has 1 aromatic heterocycles. The Balaban J connectivity index is 1.63. The number of rotatable bonds is 4. The number of carbonyl (C=O) groups is 1. The molecule has 6 nitrogen and oxygen atoms in total. The first kappa shape index (κ1) is 14.7. The lowest BCUT2D eigenvalue weighted by atomic mass is 9.96. The molecular weight excluding hydrogens is 306 g/mol. The van der Waals surface area contributed by atoms with E-state index in [1.165, 1.54) is 4.90 Å². The van der Waals surface area contributed by atoms with Gasteiger partial charge in [-0.1, -0.05) is 0 Å². The average Bonchev–Trinajstić information content (AvgIpc) is 2.96. The normalized spacial score (nSPS) is 15.7. The van der Waals surface area contributed by atoms with Gasteiger partial charge in [0.1, 0.15) is 18.2 Å². The molecule has 24 heavy (non-hydrogen) atoms. The molecule has 2 aliphatic rings. The molecule has 6 heteroatoms. The van der Waals surface area contributed by atoms with Gasteiger partial charge in [0.2, 0.25) is 0 Å². The van der Waals surface area contributed by atoms with Crippen LogP contribution in [0.1, 0.15) is 25.0 Å². The van der Waals surface area contributed by atoms with E-state index in [2.05, 4.69) is 9.98 Å². The molecule has 122 valence electrons. The van der Waals surface area contributed by atoms with Gasteiger partial charge >= 0.3 is 6.09 Å². The summed E-state index contributed by atoms with van der Waals surface area (Å²) in [5.74, 6) is 1.41. The van der Waals surface area contributed by atoms with Crippen LogP contribution in [0, 0.1) is 0 Å². The Morgan fingerprint density at radius 1 is 1.25 bits per heavy atom. The van der Waals surface area contributed by atoms with E-state index >= 15 is 0 Å². The molecule has 0 N–H and O–H groups in total. The van der Waals surface area contributed by atoms with Crippen molar-refractivity contribution in [2.45, 2.75) is 20.0 Å². The van der Waals surface area contributed by atoms with E-state index in [9.17, 15) is 4.79 Å². The van der Waals surface area contributed by atoms with Crippen molar-refractivity contribution in [3.8, 4) is 5.75 Å². The summed E-state index contributed by atoms with van der Waals surface area (Å²) in [7, 11) is 0. The predicted octanol–water partition coefficient (Wildman–Crippen LogP) is 3.31. The van der Waals surface area contributed by atoms with Crippen LogP contribution in [-0.4, -0.2) is 36.0 Å². The van der Waals surface area contributed by atoms with E-state index in [1.54, 1.807) is 6.20 Å². The predicted molar refractivity (Wildman–Crippen MR) is 90.4 cm³/mol. The molecule has 1 aromatic carbocycles. The van der Waals surface area contributed by atoms with E-state index in [-0.39, 0.29) is 12.2 Å². The fourth-order valence-electron chi connectivity index (χ4n) is 2.81. The van der Waals surface area contributed by atoms with E-state index in [0.717, 1.165) is 28.3 Å². The van der Waals surface area contributed by atoms with Gasteiger partial charge in [0.15, 0.2) is 0 Å². The largest absolute Gasteiger partial charge is 0.491 e. The zero-order chi connectivity index (χ0) is 16.7. The number of aromatic nitrogens is 1. The van der Waals surface area contributed by atoms with Crippen LogP contribution in [0.5, 0.6) is 5.75 Å². The Bertz CT molecular complexity index is 845. The topological polar surface area (TPSA) is 64.0 Å². The van der Waals surface area contributed by atoms with Gasteiger partial charge in [-0.05, 0) is 44.2 Å². The highest BCUT2D eigenvalue weighted by molar-refractivity contribution is 6.22. The number of aliphatic imine (C=N–C) groups is 1. The van der Waals surface area contributed by atoms with Crippen molar-refractivity contribution in [2.24, 2.45) is 4.99 Å². The lowest BCUT2D eigenvalue weighted by Crippen LogP contribution is -2.25. The van der Waals surface area contributed by atoms with Crippen molar-refractivity contribution in [2.75, 3.05) is 18.1 Å². The number of pyridine rings is 1. The molecule has 1 saturated heterocycles. The van der Waals surface area contributed by atoms with Crippen LogP contribution in [0.2, 0.25) is 0 Å². The molecule has 0 radical (unpaired) electrons. The van der Waals surface area contributed by atoms with Crippen molar-refractivity contribution in [3.63, 3.8) is 0 Å². The Labute approximate surface area is 139 Å². The molecule has 0 spiro atoms. The zero-order valence-corrected chi connectivity index (χ0v) is 13.5. The maximum atomic E-state index is 11.7. The molecule has 2 aromatic rings. The number of benzene rings is 1. The molecule has 1 fully saturated rings. The van der Waals surface area contributed by atoms with Gasteiger partial charge in [-0.2, -0.15) is 0 Å². The standard InChI is InChI=1S/C18H17N3O3/c1-11(2)24-13-3-4-15-14(10-13)17(20-15)12-5-6-19-16(9-12)21-7-8-23-18(21)22/h3-6,9-11H,7-8H2,1-2H3. The van der Waals surface area contributed by atoms with Crippen LogP contribution >= 0.6 is 0 Å². The third-order valence-corrected chi connectivity index (χ3v) is 3.88. The summed E-state index contributed by atoms with van der Waals surface area (Å²) in [6.45, 7) is 4.91. The third kappa shape index (κ3) is 2.50. The van der Waals surface area contributed by atoms with Gasteiger partial charge < -0.3 is 9.47 Å². The van der Waals surface area contributed by atoms with Crippen molar-refractivity contribution in [1.29, 1.82) is 0 Å². The Morgan fingerprint density at radius 2 is 2.12 bits per heavy atom. The first-order chi connectivity index (χ1) is 11.6. The van der Waals surface area contributed by atoms with Gasteiger partial charge in [-0.15, -0.1) is 0 Å². The highest BCUT2D eigenvalue weighted by Crippen LogP contribution is 2.36. The second kappa shape index (κ2) is 5.63. The van der Waals surface area contributed by atoms with E-state index in [4.69, 9.17) is 9.47 Å². The average molecular weight is 323 g/mol. The van der Waals surface area contributed by atoms with Crippen LogP contribution in [0.25, 0.3) is 0 Å². The first-order valence-corrected chi connectivity index (χ1v) is 7.92. The number of fused-ring (bicyclic) bond motifs is 1. The fraction of sp³-hybridized carbons (Fsp3) is 0.278. The Kier molecular flexibility index (Phi) is 3.45. The summed E-state index contributed by atoms with van der Waals surface area (Å²) in [4.78, 5) is 22.1. The smallest absolute Gasteiger partial charge is 0.415 e. The molecule has 2 aliphatic heterocycles. The summed E-state index contributed by atoms with van der Waals surface area (Å²) >= 11 is 0. The number of hydrogen-bond donors (Lipinski definition) is 0. The summed E-state index contributed by atoms with van der Waals surface area (Å²) in [5.41, 5.74) is 3.80. The van der Waals surface area contributed by atoms with Crippen LogP contribution in [0.15, 0.2) is 41.5 Å². The first-order valence-electron chi connectivity index (χ1n) is 7.92. The zero-order valence-electron chi connectivity index (χ0n) is 13.5. The molecule has 0 bridgehead atoms. The van der Waals surface area contributed by atoms with Crippen LogP contribution in [0.4, 0.5) is 16.3 Å². The van der Waals surface area contributed by atoms with Gasteiger partial charge in [0.05, 0.1) is 24.0 Å². The van der Waals surface area contributed by atoms with E-state index in [1.807, 2.05) is 44.2 Å². The van der Waals surface area contributed by atoms with E-state index < -0.39 is 0 Å². The number of cyclic esters (lactones) is 1. The van der Waals surface area contributed by atoms with Gasteiger partial charge in [0, 0.05) is 17.3 Å². The van der Waals surface area contributed by atoms with Crippen molar-refractivity contribution in [1.82, 2.24) is 4.98 Å². The fourth-order valence-corrected chi connectivity index (χ4v) is 2.81. The molecule has 1 amide bonds. The number of hydrogen-bond acceptors (Lipinski definition) is 5. The van der Waals surface area contributed by atoms with Crippen LogP contribution in [0.3, 0.4) is 0 Å². The van der Waals surface area contributed by atoms with E-state index in [0.29, 0.717) is 19.0 Å². The number of nitrogens with zero attached hydrogens (tertiary/aromatic N) is 3. The quantitative estimate of drug-likeness (QED) is 0.739. The molecular formula is C18H17N3O3. The van der Waals surface area contributed by atoms with Crippen LogP contribution in [-0.2, 0) is 4.74 Å². The third-order valence-electron chi connectivity index (χ3n) is 3.88. The van der Waals surface area contributed by atoms with Crippen LogP contribution < -0.4 is 9.64 Å².